The molecule has 2 aromatic rings. The third kappa shape index (κ3) is 2.64. The second-order valence-electron chi connectivity index (χ2n) is 8.72. The lowest BCUT2D eigenvalue weighted by molar-refractivity contribution is 0.0692. The van der Waals surface area contributed by atoms with Crippen LogP contribution < -0.4 is 10.2 Å². The number of hydrogen-bond donors (Lipinski definition) is 2. The normalized spacial score (nSPS) is 22.2. The molecule has 1 aliphatic heterocycles. The number of anilines is 1. The maximum absolute atomic E-state index is 11.8. The number of piperazine rings is 1. The maximum atomic E-state index is 11.8. The lowest BCUT2D eigenvalue weighted by atomic mass is 9.67. The molecule has 4 rings (SSSR count). The quantitative estimate of drug-likeness (QED) is 0.860. The number of carboxylic acids is 1. The van der Waals surface area contributed by atoms with Crippen molar-refractivity contribution in [1.29, 1.82) is 0 Å². The molecule has 2 aliphatic rings. The Morgan fingerprint density at radius 3 is 2.56 bits per heavy atom. The summed E-state index contributed by atoms with van der Waals surface area (Å²) in [5.74, 6) is -0.164. The fraction of sp³-hybridized carbons (Fsp3) is 0.667. The minimum Gasteiger partial charge on any atom is -0.476 e. The van der Waals surface area contributed by atoms with Gasteiger partial charge in [0.1, 0.15) is 5.82 Å². The topological polar surface area (TPSA) is 69.9 Å². The highest BCUT2D eigenvalue weighted by atomic mass is 32.1. The summed E-state index contributed by atoms with van der Waals surface area (Å²) >= 11 is 1.67. The summed E-state index contributed by atoms with van der Waals surface area (Å²) in [5, 5.41) is 13.1. The minimum absolute atomic E-state index is 0.0898. The van der Waals surface area contributed by atoms with Gasteiger partial charge in [-0.25, -0.2) is 9.78 Å². The fourth-order valence-electron chi connectivity index (χ4n) is 4.75. The SMILES string of the molecule is CC1(C)Cc2c(sc3nc(C(=O)O)c(N4CCNCC4)n23)C(C)(C)C1. The van der Waals surface area contributed by atoms with Crippen molar-refractivity contribution in [2.75, 3.05) is 31.1 Å². The number of carboxylic acid groups (broad SMARTS) is 1. The van der Waals surface area contributed by atoms with E-state index in [9.17, 15) is 9.90 Å². The molecule has 3 heterocycles. The summed E-state index contributed by atoms with van der Waals surface area (Å²) in [6, 6.07) is 0. The van der Waals surface area contributed by atoms with Crippen LogP contribution in [0.25, 0.3) is 4.96 Å². The molecule has 7 heteroatoms. The van der Waals surface area contributed by atoms with Gasteiger partial charge in [-0.05, 0) is 18.3 Å². The third-order valence-corrected chi connectivity index (χ3v) is 6.80. The van der Waals surface area contributed by atoms with Gasteiger partial charge in [-0.15, -0.1) is 11.3 Å². The number of carbonyl (C=O) groups is 1. The van der Waals surface area contributed by atoms with Crippen LogP contribution in [0.5, 0.6) is 0 Å². The first-order valence-corrected chi connectivity index (χ1v) is 9.75. The van der Waals surface area contributed by atoms with Crippen LogP contribution in [0.4, 0.5) is 5.82 Å². The van der Waals surface area contributed by atoms with E-state index >= 15 is 0 Å². The Morgan fingerprint density at radius 1 is 1.24 bits per heavy atom. The van der Waals surface area contributed by atoms with Crippen molar-refractivity contribution in [3.05, 3.63) is 16.3 Å². The highest BCUT2D eigenvalue weighted by Gasteiger charge is 2.42. The van der Waals surface area contributed by atoms with E-state index in [1.54, 1.807) is 11.3 Å². The van der Waals surface area contributed by atoms with Crippen LogP contribution in [-0.2, 0) is 11.8 Å². The summed E-state index contributed by atoms with van der Waals surface area (Å²) < 4.78 is 2.15. The number of aromatic nitrogens is 2. The molecular weight excluding hydrogens is 336 g/mol. The van der Waals surface area contributed by atoms with Gasteiger partial charge in [-0.1, -0.05) is 27.7 Å². The summed E-state index contributed by atoms with van der Waals surface area (Å²) in [6.07, 6.45) is 2.09. The first-order valence-electron chi connectivity index (χ1n) is 8.93. The number of fused-ring (bicyclic) bond motifs is 3. The van der Waals surface area contributed by atoms with Gasteiger partial charge in [0, 0.05) is 42.2 Å². The highest BCUT2D eigenvalue weighted by molar-refractivity contribution is 7.17. The Balaban J connectivity index is 1.97. The van der Waals surface area contributed by atoms with E-state index in [2.05, 4.69) is 47.3 Å². The molecule has 2 aromatic heterocycles. The van der Waals surface area contributed by atoms with Crippen LogP contribution >= 0.6 is 11.3 Å². The van der Waals surface area contributed by atoms with Gasteiger partial charge < -0.3 is 15.3 Å². The number of thiazole rings is 1. The van der Waals surface area contributed by atoms with Crippen molar-refractivity contribution in [3.8, 4) is 0 Å². The molecule has 0 spiro atoms. The van der Waals surface area contributed by atoms with Gasteiger partial charge in [-0.3, -0.25) is 4.40 Å². The van der Waals surface area contributed by atoms with Gasteiger partial charge in [0.2, 0.25) is 0 Å². The van der Waals surface area contributed by atoms with Crippen LogP contribution in [0, 0.1) is 5.41 Å². The summed E-state index contributed by atoms with van der Waals surface area (Å²) in [5.41, 5.74) is 1.73. The average molecular weight is 362 g/mol. The number of nitrogens with zero attached hydrogens (tertiary/aromatic N) is 3. The molecule has 1 fully saturated rings. The van der Waals surface area contributed by atoms with Crippen LogP contribution in [-0.4, -0.2) is 46.6 Å². The molecule has 0 aromatic carbocycles. The molecular formula is C18H26N4O2S. The first-order chi connectivity index (χ1) is 11.7. The first kappa shape index (κ1) is 16.8. The third-order valence-electron chi connectivity index (χ3n) is 5.35. The van der Waals surface area contributed by atoms with Gasteiger partial charge in [0.25, 0.3) is 0 Å². The number of rotatable bonds is 2. The molecule has 0 bridgehead atoms. The van der Waals surface area contributed by atoms with E-state index < -0.39 is 5.97 Å². The van der Waals surface area contributed by atoms with E-state index in [1.807, 2.05) is 0 Å². The highest BCUT2D eigenvalue weighted by Crippen LogP contribution is 2.49. The minimum atomic E-state index is -0.937. The Hall–Kier alpha value is -1.60. The van der Waals surface area contributed by atoms with E-state index in [1.165, 1.54) is 10.6 Å². The fourth-order valence-corrected chi connectivity index (χ4v) is 5.98. The molecule has 0 unspecified atom stereocenters. The van der Waals surface area contributed by atoms with Gasteiger partial charge in [0.05, 0.1) is 0 Å². The monoisotopic (exact) mass is 362 g/mol. The largest absolute Gasteiger partial charge is 0.476 e. The van der Waals surface area contributed by atoms with E-state index in [0.29, 0.717) is 0 Å². The number of aromatic carboxylic acids is 1. The molecule has 0 radical (unpaired) electrons. The van der Waals surface area contributed by atoms with Crippen molar-refractivity contribution < 1.29 is 9.90 Å². The number of imidazole rings is 1. The lowest BCUT2D eigenvalue weighted by Crippen LogP contribution is -2.44. The van der Waals surface area contributed by atoms with Gasteiger partial charge in [0.15, 0.2) is 10.7 Å². The Bertz CT molecular complexity index is 843. The van der Waals surface area contributed by atoms with Crippen molar-refractivity contribution in [3.63, 3.8) is 0 Å². The molecule has 1 saturated heterocycles. The van der Waals surface area contributed by atoms with Crippen molar-refractivity contribution in [2.45, 2.75) is 46.0 Å². The van der Waals surface area contributed by atoms with Crippen LogP contribution in [0.1, 0.15) is 55.2 Å². The standard InChI is InChI=1S/C18H26N4O2S/c1-17(2)9-11-13(18(3,4)10-17)25-16-20-12(15(23)24)14(22(11)16)21-7-5-19-6-8-21/h19H,5-10H2,1-4H3,(H,23,24). The van der Waals surface area contributed by atoms with Crippen molar-refractivity contribution in [2.24, 2.45) is 5.41 Å². The maximum Gasteiger partial charge on any atom is 0.358 e. The predicted molar refractivity (Wildman–Crippen MR) is 100 cm³/mol. The average Bonchev–Trinajstić information content (AvgIpc) is 3.04. The zero-order valence-corrected chi connectivity index (χ0v) is 16.2. The van der Waals surface area contributed by atoms with E-state index in [4.69, 9.17) is 0 Å². The van der Waals surface area contributed by atoms with Crippen LogP contribution in [0.2, 0.25) is 0 Å². The van der Waals surface area contributed by atoms with Gasteiger partial charge in [-0.2, -0.15) is 0 Å². The Labute approximate surface area is 151 Å². The van der Waals surface area contributed by atoms with Crippen molar-refractivity contribution in [1.82, 2.24) is 14.7 Å². The van der Waals surface area contributed by atoms with Crippen molar-refractivity contribution >= 4 is 28.1 Å². The van der Waals surface area contributed by atoms with Crippen LogP contribution in [0.15, 0.2) is 0 Å². The molecule has 25 heavy (non-hydrogen) atoms. The smallest absolute Gasteiger partial charge is 0.358 e. The Kier molecular flexibility index (Phi) is 3.67. The van der Waals surface area contributed by atoms with E-state index in [-0.39, 0.29) is 16.5 Å². The number of nitrogens with one attached hydrogen (secondary N) is 1. The lowest BCUT2D eigenvalue weighted by Gasteiger charge is -2.40. The molecule has 0 saturated carbocycles. The zero-order chi connectivity index (χ0) is 18.0. The summed E-state index contributed by atoms with van der Waals surface area (Å²) in [6.45, 7) is 12.6. The second-order valence-corrected chi connectivity index (χ2v) is 9.70. The van der Waals surface area contributed by atoms with Crippen LogP contribution in [0.3, 0.4) is 0 Å². The molecule has 0 amide bonds. The van der Waals surface area contributed by atoms with E-state index in [0.717, 1.165) is 49.8 Å². The molecule has 2 N–H and O–H groups in total. The molecule has 1 aliphatic carbocycles. The molecule has 0 atom stereocenters. The zero-order valence-electron chi connectivity index (χ0n) is 15.3. The molecule has 136 valence electrons. The second kappa shape index (κ2) is 5.45. The Morgan fingerprint density at radius 2 is 1.92 bits per heavy atom. The predicted octanol–water partition coefficient (Wildman–Crippen LogP) is 2.75. The number of hydrogen-bond acceptors (Lipinski definition) is 5. The summed E-state index contributed by atoms with van der Waals surface area (Å²) in [4.78, 5) is 20.7. The summed E-state index contributed by atoms with van der Waals surface area (Å²) in [7, 11) is 0. The van der Waals surface area contributed by atoms with Gasteiger partial charge >= 0.3 is 5.97 Å². The molecule has 6 nitrogen and oxygen atoms in total.